The number of esters is 2. The van der Waals surface area contributed by atoms with Crippen LogP contribution in [0.3, 0.4) is 0 Å². The number of carbonyl (C=O) groups excluding carboxylic acids is 2. The highest BCUT2D eigenvalue weighted by molar-refractivity contribution is 6.32. The monoisotopic (exact) mass is 678 g/mol. The van der Waals surface area contributed by atoms with Gasteiger partial charge in [-0.2, -0.15) is 0 Å². The van der Waals surface area contributed by atoms with Gasteiger partial charge in [-0.1, -0.05) is 61.3 Å². The second-order valence-electron chi connectivity index (χ2n) is 10.3. The van der Waals surface area contributed by atoms with E-state index in [4.69, 9.17) is 37.4 Å². The lowest BCUT2D eigenvalue weighted by atomic mass is 9.85. The zero-order chi connectivity index (χ0) is 34.2. The number of hydrogen-bond donors (Lipinski definition) is 0. The van der Waals surface area contributed by atoms with E-state index in [1.807, 2.05) is 32.1 Å². The normalized spacial score (nSPS) is 12.7. The van der Waals surface area contributed by atoms with Gasteiger partial charge in [-0.3, -0.25) is 0 Å². The quantitative estimate of drug-likeness (QED) is 0.201. The third-order valence-electron chi connectivity index (χ3n) is 7.58. The molecule has 0 fully saturated rings. The van der Waals surface area contributed by atoms with Crippen molar-refractivity contribution in [3.05, 3.63) is 145 Å². The van der Waals surface area contributed by atoms with E-state index in [0.29, 0.717) is 39.6 Å². The molecule has 47 heavy (non-hydrogen) atoms. The van der Waals surface area contributed by atoms with Gasteiger partial charge >= 0.3 is 11.9 Å². The van der Waals surface area contributed by atoms with Gasteiger partial charge in [-0.25, -0.2) is 18.4 Å². The summed E-state index contributed by atoms with van der Waals surface area (Å²) < 4.78 is 43.1. The first-order valence-electron chi connectivity index (χ1n) is 15.0. The number of fused-ring (bicyclic) bond motifs is 2. The average molecular weight is 680 g/mol. The molecule has 1 aliphatic carbocycles. The summed E-state index contributed by atoms with van der Waals surface area (Å²) >= 11 is 12.1. The molecule has 4 aromatic rings. The Kier molecular flexibility index (Phi) is 12.0. The largest absolute Gasteiger partial charge is 0.489 e. The fourth-order valence-corrected chi connectivity index (χ4v) is 5.71. The molecule has 0 saturated heterocycles. The molecule has 5 nitrogen and oxygen atoms in total. The molecule has 0 amide bonds. The molecule has 0 atom stereocenters. The van der Waals surface area contributed by atoms with Crippen molar-refractivity contribution >= 4 is 46.3 Å². The van der Waals surface area contributed by atoms with E-state index in [0.717, 1.165) is 46.2 Å². The molecule has 244 valence electrons. The third kappa shape index (κ3) is 7.75. The van der Waals surface area contributed by atoms with Crippen molar-refractivity contribution in [2.75, 3.05) is 20.8 Å². The van der Waals surface area contributed by atoms with Gasteiger partial charge in [0.1, 0.15) is 24.0 Å². The predicted molar refractivity (Wildman–Crippen MR) is 182 cm³/mol. The minimum atomic E-state index is -0.471. The molecule has 9 heteroatoms. The van der Waals surface area contributed by atoms with E-state index in [2.05, 4.69) is 0 Å². The highest BCUT2D eigenvalue weighted by atomic mass is 35.5. The molecule has 2 aliphatic rings. The van der Waals surface area contributed by atoms with Crippen molar-refractivity contribution in [2.45, 2.75) is 33.6 Å². The second kappa shape index (κ2) is 15.9. The highest BCUT2D eigenvalue weighted by Gasteiger charge is 2.22. The smallest absolute Gasteiger partial charge is 0.337 e. The molecule has 0 N–H and O–H groups in total. The molecular formula is C38H34Cl2F2O5. The number of carbonyl (C=O) groups is 2. The lowest BCUT2D eigenvalue weighted by Gasteiger charge is -2.20. The Hall–Kier alpha value is -4.46. The van der Waals surface area contributed by atoms with Gasteiger partial charge in [0.2, 0.25) is 0 Å². The minimum Gasteiger partial charge on any atom is -0.489 e. The maximum atomic E-state index is 14.6. The number of allylic oxidation sites excluding steroid dienone is 1. The lowest BCUT2D eigenvalue weighted by Crippen LogP contribution is -2.08. The third-order valence-corrected chi connectivity index (χ3v) is 8.19. The topological polar surface area (TPSA) is 61.8 Å². The van der Waals surface area contributed by atoms with Crippen LogP contribution in [0.15, 0.2) is 78.9 Å². The van der Waals surface area contributed by atoms with Crippen molar-refractivity contribution in [2.24, 2.45) is 0 Å². The Bertz CT molecular complexity index is 1880. The number of methoxy groups -OCH3 is 2. The highest BCUT2D eigenvalue weighted by Crippen LogP contribution is 2.39. The fourth-order valence-electron chi connectivity index (χ4n) is 5.29. The van der Waals surface area contributed by atoms with Crippen molar-refractivity contribution in [3.8, 4) is 5.75 Å². The van der Waals surface area contributed by atoms with Crippen LogP contribution in [-0.2, 0) is 15.9 Å². The van der Waals surface area contributed by atoms with Gasteiger partial charge < -0.3 is 14.2 Å². The van der Waals surface area contributed by atoms with Crippen molar-refractivity contribution < 1.29 is 32.6 Å². The summed E-state index contributed by atoms with van der Waals surface area (Å²) in [4.78, 5) is 23.5. The molecule has 0 bridgehead atoms. The number of rotatable bonds is 4. The second-order valence-corrected chi connectivity index (χ2v) is 11.1. The first kappa shape index (κ1) is 35.4. The van der Waals surface area contributed by atoms with Crippen LogP contribution in [0.1, 0.15) is 74.4 Å². The molecule has 4 aromatic carbocycles. The standard InChI is InChI=1S/C19H16ClFO2.C17H12ClFO3.C2H6/c1-11-6-9-16(20)17(18(11)21)14-5-3-4-12-7-8-13(10-15(12)14)19(22)23-2;1-21-17(20)11-3-5-16-13(8-11)12(6-7-22-16)10-2-4-15(19)14(18)9-10;1-2/h5-10H,3-4H2,1-2H3;2-6,8-9H,7H2,1H3;1-2H3. The van der Waals surface area contributed by atoms with Crippen LogP contribution in [-0.4, -0.2) is 32.8 Å². The van der Waals surface area contributed by atoms with Crippen LogP contribution in [0.5, 0.6) is 5.75 Å². The van der Waals surface area contributed by atoms with Crippen molar-refractivity contribution in [3.63, 3.8) is 0 Å². The SMILES string of the molecule is CC.COC(=O)c1ccc2c(c1)C(c1c(Cl)ccc(C)c1F)=CCC2.COC(=O)c1ccc2c(c1)C(c1ccc(F)c(Cl)c1)=CCO2. The summed E-state index contributed by atoms with van der Waals surface area (Å²) in [5.74, 6) is -0.967. The maximum Gasteiger partial charge on any atom is 0.337 e. The fraction of sp³-hybridized carbons (Fsp3) is 0.211. The van der Waals surface area contributed by atoms with Gasteiger partial charge in [0.15, 0.2) is 0 Å². The molecule has 0 radical (unpaired) electrons. The van der Waals surface area contributed by atoms with Crippen LogP contribution < -0.4 is 4.74 Å². The van der Waals surface area contributed by atoms with Crippen molar-refractivity contribution in [1.29, 1.82) is 0 Å². The van der Waals surface area contributed by atoms with E-state index >= 15 is 0 Å². The summed E-state index contributed by atoms with van der Waals surface area (Å²) in [5.41, 5.74) is 6.81. The average Bonchev–Trinajstić information content (AvgIpc) is 3.11. The van der Waals surface area contributed by atoms with Gasteiger partial charge in [-0.05, 0) is 108 Å². The first-order chi connectivity index (χ1) is 22.6. The Morgan fingerprint density at radius 3 is 2.09 bits per heavy atom. The molecule has 0 aromatic heterocycles. The predicted octanol–water partition coefficient (Wildman–Crippen LogP) is 10.1. The molecule has 0 saturated carbocycles. The van der Waals surface area contributed by atoms with E-state index in [9.17, 15) is 18.4 Å². The van der Waals surface area contributed by atoms with E-state index in [-0.39, 0.29) is 10.8 Å². The first-order valence-corrected chi connectivity index (χ1v) is 15.8. The molecule has 0 unspecified atom stereocenters. The zero-order valence-electron chi connectivity index (χ0n) is 26.7. The maximum absolute atomic E-state index is 14.6. The van der Waals surface area contributed by atoms with E-state index in [1.165, 1.54) is 20.3 Å². The number of halogens is 4. The zero-order valence-corrected chi connectivity index (χ0v) is 28.2. The van der Waals surface area contributed by atoms with E-state index < -0.39 is 17.8 Å². The van der Waals surface area contributed by atoms with Crippen LogP contribution in [0.2, 0.25) is 10.0 Å². The Morgan fingerprint density at radius 2 is 1.43 bits per heavy atom. The van der Waals surface area contributed by atoms with Gasteiger partial charge in [0, 0.05) is 11.1 Å². The molecule has 0 spiro atoms. The summed E-state index contributed by atoms with van der Waals surface area (Å²) in [5, 5.41) is 0.422. The Labute approximate surface area is 283 Å². The minimum absolute atomic E-state index is 0.0514. The molecule has 6 rings (SSSR count). The van der Waals surface area contributed by atoms with Crippen LogP contribution in [0.4, 0.5) is 8.78 Å². The van der Waals surface area contributed by atoms with Crippen LogP contribution >= 0.6 is 23.2 Å². The summed E-state index contributed by atoms with van der Waals surface area (Å²) in [7, 11) is 2.67. The van der Waals surface area contributed by atoms with Gasteiger partial charge in [0.05, 0.1) is 35.4 Å². The van der Waals surface area contributed by atoms with Crippen LogP contribution in [0.25, 0.3) is 11.1 Å². The van der Waals surface area contributed by atoms with Gasteiger partial charge in [0.25, 0.3) is 0 Å². The molecule has 1 heterocycles. The van der Waals surface area contributed by atoms with Crippen LogP contribution in [0, 0.1) is 18.6 Å². The summed E-state index contributed by atoms with van der Waals surface area (Å²) in [6, 6.07) is 18.3. The summed E-state index contributed by atoms with van der Waals surface area (Å²) in [6.07, 6.45) is 5.51. The molecule has 1 aliphatic heterocycles. The Morgan fingerprint density at radius 1 is 0.766 bits per heavy atom. The van der Waals surface area contributed by atoms with Gasteiger partial charge in [-0.15, -0.1) is 0 Å². The Balaban J connectivity index is 0.000000202. The summed E-state index contributed by atoms with van der Waals surface area (Å²) in [6.45, 7) is 6.11. The number of ether oxygens (including phenoxy) is 3. The number of benzene rings is 4. The molecular weight excluding hydrogens is 645 g/mol. The van der Waals surface area contributed by atoms with Crippen molar-refractivity contribution in [1.82, 2.24) is 0 Å². The van der Waals surface area contributed by atoms with E-state index in [1.54, 1.807) is 61.5 Å². The number of aryl methyl sites for hydroxylation is 2. The lowest BCUT2D eigenvalue weighted by molar-refractivity contribution is 0.0591. The number of hydrogen-bond acceptors (Lipinski definition) is 5.